The van der Waals surface area contributed by atoms with Crippen molar-refractivity contribution < 1.29 is 4.79 Å². The van der Waals surface area contributed by atoms with Gasteiger partial charge in [0.1, 0.15) is 5.69 Å². The highest BCUT2D eigenvalue weighted by atomic mass is 35.5. The van der Waals surface area contributed by atoms with Crippen LogP contribution in [0.5, 0.6) is 0 Å². The molecule has 27 heavy (non-hydrogen) atoms. The third-order valence-electron chi connectivity index (χ3n) is 3.98. The molecule has 3 aromatic rings. The summed E-state index contributed by atoms with van der Waals surface area (Å²) in [7, 11) is 0. The standard InChI is InChI=1S/C21H21ClN4O/c1-14-11-15(2)13-18(12-14)25-20(27)19-8-10-24-21(26-19)23-9-7-16-3-5-17(22)6-4-16/h3-6,8,10-13H,7,9H2,1-2H3,(H,25,27)(H,23,24,26). The van der Waals surface area contributed by atoms with E-state index in [9.17, 15) is 4.79 Å². The van der Waals surface area contributed by atoms with Crippen LogP contribution in [0.4, 0.5) is 11.6 Å². The maximum Gasteiger partial charge on any atom is 0.274 e. The van der Waals surface area contributed by atoms with E-state index in [0.29, 0.717) is 18.2 Å². The van der Waals surface area contributed by atoms with Crippen molar-refractivity contribution in [3.8, 4) is 0 Å². The average Bonchev–Trinajstić information content (AvgIpc) is 2.63. The molecule has 2 N–H and O–H groups in total. The van der Waals surface area contributed by atoms with Gasteiger partial charge in [0.25, 0.3) is 5.91 Å². The zero-order chi connectivity index (χ0) is 19.2. The topological polar surface area (TPSA) is 66.9 Å². The summed E-state index contributed by atoms with van der Waals surface area (Å²) in [6.07, 6.45) is 2.38. The average molecular weight is 381 g/mol. The van der Waals surface area contributed by atoms with Crippen LogP contribution in [-0.2, 0) is 6.42 Å². The van der Waals surface area contributed by atoms with Crippen LogP contribution in [0.2, 0.25) is 5.02 Å². The van der Waals surface area contributed by atoms with Crippen molar-refractivity contribution in [2.24, 2.45) is 0 Å². The Morgan fingerprint density at radius 1 is 1.04 bits per heavy atom. The number of nitrogens with zero attached hydrogens (tertiary/aromatic N) is 2. The quantitative estimate of drug-likeness (QED) is 0.653. The smallest absolute Gasteiger partial charge is 0.274 e. The first-order valence-corrected chi connectivity index (χ1v) is 9.08. The molecule has 0 spiro atoms. The van der Waals surface area contributed by atoms with Crippen LogP contribution in [0.25, 0.3) is 0 Å². The van der Waals surface area contributed by atoms with Gasteiger partial charge >= 0.3 is 0 Å². The summed E-state index contributed by atoms with van der Waals surface area (Å²) in [5.41, 5.74) is 4.43. The maximum atomic E-state index is 12.5. The van der Waals surface area contributed by atoms with Gasteiger partial charge in [-0.25, -0.2) is 9.97 Å². The van der Waals surface area contributed by atoms with Gasteiger partial charge < -0.3 is 10.6 Å². The highest BCUT2D eigenvalue weighted by Gasteiger charge is 2.10. The molecule has 2 aromatic carbocycles. The van der Waals surface area contributed by atoms with Crippen LogP contribution >= 0.6 is 11.6 Å². The number of rotatable bonds is 6. The number of carbonyl (C=O) groups excluding carboxylic acids is 1. The Bertz CT molecular complexity index is 921. The van der Waals surface area contributed by atoms with Crippen LogP contribution in [0.15, 0.2) is 54.7 Å². The van der Waals surface area contributed by atoms with E-state index in [4.69, 9.17) is 11.6 Å². The molecule has 0 aliphatic heterocycles. The second kappa shape index (κ2) is 8.64. The minimum atomic E-state index is -0.261. The number of nitrogens with one attached hydrogen (secondary N) is 2. The second-order valence-electron chi connectivity index (χ2n) is 6.40. The van der Waals surface area contributed by atoms with Crippen LogP contribution in [-0.4, -0.2) is 22.4 Å². The number of amides is 1. The number of halogens is 1. The first-order chi connectivity index (χ1) is 13.0. The lowest BCUT2D eigenvalue weighted by atomic mass is 10.1. The molecule has 0 fully saturated rings. The summed E-state index contributed by atoms with van der Waals surface area (Å²) in [6, 6.07) is 15.2. The summed E-state index contributed by atoms with van der Waals surface area (Å²) in [4.78, 5) is 21.0. The Morgan fingerprint density at radius 2 is 1.74 bits per heavy atom. The van der Waals surface area contributed by atoms with Gasteiger partial charge in [-0.2, -0.15) is 0 Å². The fraction of sp³-hybridized carbons (Fsp3) is 0.190. The van der Waals surface area contributed by atoms with E-state index in [1.165, 1.54) is 0 Å². The monoisotopic (exact) mass is 380 g/mol. The number of benzene rings is 2. The number of aromatic nitrogens is 2. The molecule has 0 radical (unpaired) electrons. The summed E-state index contributed by atoms with van der Waals surface area (Å²) >= 11 is 5.89. The van der Waals surface area contributed by atoms with Crippen LogP contribution in [0.3, 0.4) is 0 Å². The summed E-state index contributed by atoms with van der Waals surface area (Å²) < 4.78 is 0. The zero-order valence-electron chi connectivity index (χ0n) is 15.3. The van der Waals surface area contributed by atoms with E-state index in [0.717, 1.165) is 33.8 Å². The molecule has 3 rings (SSSR count). The van der Waals surface area contributed by atoms with Crippen molar-refractivity contribution in [1.82, 2.24) is 9.97 Å². The molecule has 0 saturated heterocycles. The fourth-order valence-corrected chi connectivity index (χ4v) is 2.91. The minimum Gasteiger partial charge on any atom is -0.354 e. The molecule has 1 heterocycles. The van der Waals surface area contributed by atoms with Crippen LogP contribution < -0.4 is 10.6 Å². The zero-order valence-corrected chi connectivity index (χ0v) is 16.0. The van der Waals surface area contributed by atoms with E-state index in [-0.39, 0.29) is 5.91 Å². The number of anilines is 2. The third kappa shape index (κ3) is 5.53. The molecular formula is C21H21ClN4O. The minimum absolute atomic E-state index is 0.261. The molecule has 0 bridgehead atoms. The van der Waals surface area contributed by atoms with Gasteiger partial charge in [0.2, 0.25) is 5.95 Å². The van der Waals surface area contributed by atoms with E-state index >= 15 is 0 Å². The van der Waals surface area contributed by atoms with Gasteiger partial charge in [-0.3, -0.25) is 4.79 Å². The van der Waals surface area contributed by atoms with Gasteiger partial charge in [0.05, 0.1) is 0 Å². The molecule has 0 saturated carbocycles. The van der Waals surface area contributed by atoms with Crippen LogP contribution in [0.1, 0.15) is 27.2 Å². The first-order valence-electron chi connectivity index (χ1n) is 8.70. The van der Waals surface area contributed by atoms with E-state index < -0.39 is 0 Å². The van der Waals surface area contributed by atoms with E-state index in [1.54, 1.807) is 12.3 Å². The molecule has 5 nitrogen and oxygen atoms in total. The molecule has 1 aromatic heterocycles. The van der Waals surface area contributed by atoms with Gasteiger partial charge in [0, 0.05) is 23.5 Å². The molecule has 0 atom stereocenters. The van der Waals surface area contributed by atoms with Crippen molar-refractivity contribution >= 4 is 29.1 Å². The summed E-state index contributed by atoms with van der Waals surface area (Å²) in [5, 5.41) is 6.75. The first kappa shape index (κ1) is 18.9. The van der Waals surface area contributed by atoms with E-state index in [1.807, 2.05) is 50.2 Å². The SMILES string of the molecule is Cc1cc(C)cc(NC(=O)c2ccnc(NCCc3ccc(Cl)cc3)n2)c1. The Hall–Kier alpha value is -2.92. The highest BCUT2D eigenvalue weighted by molar-refractivity contribution is 6.30. The van der Waals surface area contributed by atoms with E-state index in [2.05, 4.69) is 26.7 Å². The fourth-order valence-electron chi connectivity index (χ4n) is 2.78. The predicted molar refractivity (Wildman–Crippen MR) is 110 cm³/mol. The predicted octanol–water partition coefficient (Wildman–Crippen LogP) is 4.65. The number of carbonyl (C=O) groups is 1. The number of hydrogen-bond donors (Lipinski definition) is 2. The number of aryl methyl sites for hydroxylation is 2. The summed E-state index contributed by atoms with van der Waals surface area (Å²) in [6.45, 7) is 4.65. The lowest BCUT2D eigenvalue weighted by Gasteiger charge is -2.09. The third-order valence-corrected chi connectivity index (χ3v) is 4.23. The van der Waals surface area contributed by atoms with Gasteiger partial charge in [0.15, 0.2) is 0 Å². The number of hydrogen-bond acceptors (Lipinski definition) is 4. The normalized spacial score (nSPS) is 10.5. The van der Waals surface area contributed by atoms with Gasteiger partial charge in [-0.1, -0.05) is 29.8 Å². The van der Waals surface area contributed by atoms with Gasteiger partial charge in [-0.05, 0) is 67.3 Å². The summed E-state index contributed by atoms with van der Waals surface area (Å²) in [5.74, 6) is 0.167. The highest BCUT2D eigenvalue weighted by Crippen LogP contribution is 2.15. The Labute approximate surface area is 163 Å². The molecule has 6 heteroatoms. The molecule has 0 aliphatic rings. The van der Waals surface area contributed by atoms with Crippen LogP contribution in [0, 0.1) is 13.8 Å². The maximum absolute atomic E-state index is 12.5. The van der Waals surface area contributed by atoms with Gasteiger partial charge in [-0.15, -0.1) is 0 Å². The van der Waals surface area contributed by atoms with Crippen molar-refractivity contribution in [3.63, 3.8) is 0 Å². The lowest BCUT2D eigenvalue weighted by Crippen LogP contribution is -2.16. The molecule has 138 valence electrons. The largest absolute Gasteiger partial charge is 0.354 e. The molecule has 0 unspecified atom stereocenters. The second-order valence-corrected chi connectivity index (χ2v) is 6.84. The Balaban J connectivity index is 1.60. The molecular weight excluding hydrogens is 360 g/mol. The Kier molecular flexibility index (Phi) is 6.04. The van der Waals surface area contributed by atoms with Crippen molar-refractivity contribution in [1.29, 1.82) is 0 Å². The van der Waals surface area contributed by atoms with Crippen molar-refractivity contribution in [2.75, 3.05) is 17.2 Å². The molecule has 1 amide bonds. The Morgan fingerprint density at radius 3 is 2.44 bits per heavy atom. The van der Waals surface area contributed by atoms with Crippen molar-refractivity contribution in [3.05, 3.63) is 82.1 Å². The molecule has 0 aliphatic carbocycles. The lowest BCUT2D eigenvalue weighted by molar-refractivity contribution is 0.102. The van der Waals surface area contributed by atoms with Crippen molar-refractivity contribution in [2.45, 2.75) is 20.3 Å².